The van der Waals surface area contributed by atoms with E-state index in [9.17, 15) is 0 Å². The molecule has 0 heterocycles. The number of rotatable bonds is 25. The second-order valence-electron chi connectivity index (χ2n) is 29.0. The summed E-state index contributed by atoms with van der Waals surface area (Å²) in [5.74, 6) is 9.09. The molecule has 0 bridgehead atoms. The van der Waals surface area contributed by atoms with E-state index in [0.29, 0.717) is 0 Å². The summed E-state index contributed by atoms with van der Waals surface area (Å²) in [6, 6.07) is 44.0. The van der Waals surface area contributed by atoms with E-state index < -0.39 is 0 Å². The van der Waals surface area contributed by atoms with Crippen molar-refractivity contribution in [3.05, 3.63) is 149 Å². The van der Waals surface area contributed by atoms with Crippen molar-refractivity contribution in [1.29, 1.82) is 0 Å². The van der Waals surface area contributed by atoms with Crippen LogP contribution in [-0.4, -0.2) is 0 Å². The van der Waals surface area contributed by atoms with E-state index in [1.54, 1.807) is 0 Å². The highest BCUT2D eigenvalue weighted by molar-refractivity contribution is 7.81. The first kappa shape index (κ1) is 90.5. The molecule has 0 nitrogen and oxygen atoms in total. The van der Waals surface area contributed by atoms with Crippen molar-refractivity contribution in [2.75, 3.05) is 0 Å². The first-order valence-electron chi connectivity index (χ1n) is 37.9. The predicted octanol–water partition coefficient (Wildman–Crippen LogP) is 29.9. The Morgan fingerprint density at radius 2 is 0.326 bits per heavy atom. The molecule has 0 saturated heterocycles. The Morgan fingerprint density at radius 1 is 0.200 bits per heavy atom. The van der Waals surface area contributed by atoms with Gasteiger partial charge in [-0.2, -0.15) is 0 Å². The topological polar surface area (TPSA) is 0 Å². The predicted molar refractivity (Wildman–Crippen MR) is 425 cm³/mol. The molecule has 10 rings (SSSR count). The Labute approximate surface area is 606 Å². The maximum absolute atomic E-state index is 4.36. The number of unbranched alkanes of at least 4 members (excludes halogenated alkanes) is 10. The van der Waals surface area contributed by atoms with Crippen LogP contribution in [0.5, 0.6) is 0 Å². The lowest BCUT2D eigenvalue weighted by Gasteiger charge is -2.29. The molecule has 5 aliphatic rings. The molecule has 0 radical (unpaired) electrons. The Bertz CT molecular complexity index is 2110. The maximum Gasteiger partial charge on any atom is 0.00401 e. The van der Waals surface area contributed by atoms with Crippen LogP contribution in [0.25, 0.3) is 0 Å². The van der Waals surface area contributed by atoms with Gasteiger partial charge in [-0.15, -0.1) is 63.1 Å². The van der Waals surface area contributed by atoms with E-state index in [1.165, 1.54) is 285 Å². The lowest BCUT2D eigenvalue weighted by molar-refractivity contribution is 0.303. The zero-order chi connectivity index (χ0) is 64.0. The number of benzene rings is 5. The van der Waals surface area contributed by atoms with Gasteiger partial charge >= 0.3 is 0 Å². The second-order valence-corrected chi connectivity index (χ2v) is 31.6. The average molecular weight is 1410 g/mol. The van der Waals surface area contributed by atoms with E-state index in [-0.39, 0.29) is 23.5 Å². The van der Waals surface area contributed by atoms with Gasteiger partial charge < -0.3 is 0 Å². The third-order valence-corrected chi connectivity index (χ3v) is 23.6. The van der Waals surface area contributed by atoms with Gasteiger partial charge in [0.15, 0.2) is 0 Å². The third kappa shape index (κ3) is 36.1. The first-order valence-corrected chi connectivity index (χ1v) is 40.1. The molecule has 0 aromatic heterocycles. The fourth-order valence-corrected chi connectivity index (χ4v) is 16.8. The van der Waals surface area contributed by atoms with Crippen LogP contribution in [0.2, 0.25) is 0 Å². The number of halogens is 5. The van der Waals surface area contributed by atoms with Crippen molar-refractivity contribution in [2.24, 2.45) is 29.6 Å². The zero-order valence-electron chi connectivity index (χ0n) is 59.9. The van der Waals surface area contributed by atoms with Crippen LogP contribution >= 0.6 is 63.1 Å². The van der Waals surface area contributed by atoms with Crippen molar-refractivity contribution >= 4 is 63.1 Å². The van der Waals surface area contributed by atoms with Crippen molar-refractivity contribution in [1.82, 2.24) is 0 Å². The number of thiol groups is 5. The first-order chi connectivity index (χ1) is 44.0. The Balaban J connectivity index is 0.000000586. The summed E-state index contributed by atoms with van der Waals surface area (Å²) in [6.07, 6.45) is 56.8. The summed E-state index contributed by atoms with van der Waals surface area (Å²) in [4.78, 5) is 5.38. The highest BCUT2D eigenvalue weighted by Crippen LogP contribution is 2.43. The van der Waals surface area contributed by atoms with Gasteiger partial charge in [0.25, 0.3) is 0 Å². The molecule has 0 N–H and O–H groups in total. The molecule has 5 saturated carbocycles. The van der Waals surface area contributed by atoms with Crippen LogP contribution < -0.4 is 0 Å². The second kappa shape index (κ2) is 54.3. The molecule has 95 heavy (non-hydrogen) atoms. The van der Waals surface area contributed by atoms with Crippen LogP contribution in [0.15, 0.2) is 146 Å². The van der Waals surface area contributed by atoms with Crippen LogP contribution in [0, 0.1) is 29.6 Å². The summed E-state index contributed by atoms with van der Waals surface area (Å²) in [5, 5.41) is 0. The molecule has 0 amide bonds. The summed E-state index contributed by atoms with van der Waals surface area (Å²) in [6.45, 7) is 11.5. The van der Waals surface area contributed by atoms with Crippen molar-refractivity contribution < 1.29 is 23.5 Å². The molecule has 0 spiro atoms. The monoisotopic (exact) mass is 1410 g/mol. The minimum atomic E-state index is 0. The summed E-state index contributed by atoms with van der Waals surface area (Å²) >= 11 is 21.8. The quantitative estimate of drug-likeness (QED) is 0.0215. The Kier molecular flexibility index (Phi) is 51.7. The lowest BCUT2D eigenvalue weighted by Crippen LogP contribution is -2.13. The smallest absolute Gasteiger partial charge is 0.00401 e. The third-order valence-electron chi connectivity index (χ3n) is 22.1. The fourth-order valence-electron chi connectivity index (χ4n) is 16.1. The molecule has 5 fully saturated rings. The van der Waals surface area contributed by atoms with E-state index in [4.69, 9.17) is 0 Å². The van der Waals surface area contributed by atoms with E-state index >= 15 is 0 Å². The minimum Gasteiger partial charge on any atom is -0.269 e. The Hall–Kier alpha value is -2.50. The van der Waals surface area contributed by atoms with Crippen LogP contribution in [-0.2, 0) is 0 Å². The van der Waals surface area contributed by atoms with Gasteiger partial charge in [-0.05, 0) is 276 Å². The van der Waals surface area contributed by atoms with E-state index in [0.717, 1.165) is 83.7 Å². The maximum atomic E-state index is 4.36. The van der Waals surface area contributed by atoms with E-state index in [2.05, 4.69) is 219 Å². The van der Waals surface area contributed by atoms with Crippen molar-refractivity contribution in [2.45, 2.75) is 346 Å². The van der Waals surface area contributed by atoms with Gasteiger partial charge in [-0.1, -0.05) is 224 Å². The number of hydrogen-bond acceptors (Lipinski definition) is 5. The minimum absolute atomic E-state index is 0. The van der Waals surface area contributed by atoms with Crippen LogP contribution in [0.4, 0.5) is 23.5 Å². The van der Waals surface area contributed by atoms with Gasteiger partial charge in [0.2, 0.25) is 0 Å². The molecule has 540 valence electrons. The molecule has 0 atom stereocenters. The molecule has 10 heteroatoms. The summed E-state index contributed by atoms with van der Waals surface area (Å²) in [7, 11) is 0. The standard InChI is InChI=1S/5C17H26S.5FH/c5*1-2-3-4-5-14-6-8-15(9-7-14)16-10-12-17(18)13-11-16;;;;;/h5*10-15,18H,2-9H2,1H3;5*1H. The van der Waals surface area contributed by atoms with Gasteiger partial charge in [-0.3, -0.25) is 23.5 Å². The Morgan fingerprint density at radius 3 is 0.442 bits per heavy atom. The SMILES string of the molecule is CCCCCC1CCC(c2ccc(S)cc2)CC1.CCCCCC1CCC(c2ccc(S)cc2)CC1.CCCCCC1CCC(c2ccc(S)cc2)CC1.CCCCCC1CCC(c2ccc(S)cc2)CC1.CCCCCC1CCC(c2ccc(S)cc2)CC1.F.F.F.F.F. The van der Waals surface area contributed by atoms with Gasteiger partial charge in [-0.25, -0.2) is 0 Å². The molecular weight excluding hydrogens is 1280 g/mol. The van der Waals surface area contributed by atoms with E-state index in [1.807, 2.05) is 0 Å². The summed E-state index contributed by atoms with van der Waals surface area (Å²) in [5.41, 5.74) is 7.64. The largest absolute Gasteiger partial charge is 0.269 e. The molecule has 5 aromatic rings. The fraction of sp³-hybridized carbons (Fsp3) is 0.647. The van der Waals surface area contributed by atoms with Gasteiger partial charge in [0, 0.05) is 24.5 Å². The van der Waals surface area contributed by atoms with Crippen LogP contribution in [0.1, 0.15) is 349 Å². The normalized spacial score (nSPS) is 22.8. The average Bonchev–Trinajstić information content (AvgIpc) is 1.30. The molecule has 0 aliphatic heterocycles. The van der Waals surface area contributed by atoms with Crippen molar-refractivity contribution in [3.8, 4) is 0 Å². The lowest BCUT2D eigenvalue weighted by atomic mass is 9.77. The van der Waals surface area contributed by atoms with Gasteiger partial charge in [0.05, 0.1) is 0 Å². The molecular formula is C85H135F5S5. The molecule has 0 unspecified atom stereocenters. The molecule has 5 aliphatic carbocycles. The number of hydrogen-bond donors (Lipinski definition) is 5. The highest BCUT2D eigenvalue weighted by Gasteiger charge is 2.26. The molecule has 5 aromatic carbocycles. The van der Waals surface area contributed by atoms with Crippen molar-refractivity contribution in [3.63, 3.8) is 0 Å². The van der Waals surface area contributed by atoms with Crippen LogP contribution in [0.3, 0.4) is 0 Å². The summed E-state index contributed by atoms with van der Waals surface area (Å²) < 4.78 is 0. The zero-order valence-corrected chi connectivity index (χ0v) is 64.4. The highest BCUT2D eigenvalue weighted by atomic mass is 32.1. The van der Waals surface area contributed by atoms with Gasteiger partial charge in [0.1, 0.15) is 0 Å².